The first kappa shape index (κ1) is 14.1. The summed E-state index contributed by atoms with van der Waals surface area (Å²) in [5, 5.41) is 3.41. The Bertz CT molecular complexity index is 530. The number of piperidine rings is 1. The average molecular weight is 289 g/mol. The van der Waals surface area contributed by atoms with E-state index in [4.69, 9.17) is 9.47 Å². The summed E-state index contributed by atoms with van der Waals surface area (Å²) < 4.78 is 10.5. The Kier molecular flexibility index (Phi) is 3.92. The van der Waals surface area contributed by atoms with Crippen molar-refractivity contribution in [1.29, 1.82) is 0 Å². The first-order chi connectivity index (χ1) is 10.2. The second-order valence-electron chi connectivity index (χ2n) is 5.64. The van der Waals surface area contributed by atoms with E-state index in [0.717, 1.165) is 12.8 Å². The monoisotopic (exact) mass is 289 g/mol. The molecule has 2 bridgehead atoms. The minimum Gasteiger partial charge on any atom is -0.469 e. The van der Waals surface area contributed by atoms with Gasteiger partial charge in [-0.3, -0.25) is 4.79 Å². The van der Waals surface area contributed by atoms with Gasteiger partial charge in [0.1, 0.15) is 12.0 Å². The third-order valence-electron chi connectivity index (χ3n) is 4.37. The predicted molar refractivity (Wildman–Crippen MR) is 75.7 cm³/mol. The Morgan fingerprint density at radius 1 is 1.19 bits per heavy atom. The lowest BCUT2D eigenvalue weighted by atomic mass is 9.89. The number of rotatable bonds is 3. The van der Waals surface area contributed by atoms with Crippen molar-refractivity contribution < 1.29 is 19.1 Å². The normalized spacial score (nSPS) is 30.7. The maximum Gasteiger partial charge on any atom is 0.338 e. The van der Waals surface area contributed by atoms with Gasteiger partial charge >= 0.3 is 11.9 Å². The van der Waals surface area contributed by atoms with Crippen LogP contribution in [0, 0.1) is 5.92 Å². The second kappa shape index (κ2) is 5.85. The second-order valence-corrected chi connectivity index (χ2v) is 5.64. The summed E-state index contributed by atoms with van der Waals surface area (Å²) in [5.41, 5.74) is 0.506. The third-order valence-corrected chi connectivity index (χ3v) is 4.37. The average Bonchev–Trinajstić information content (AvgIpc) is 2.89. The van der Waals surface area contributed by atoms with Crippen molar-refractivity contribution in [2.45, 2.75) is 37.5 Å². The van der Waals surface area contributed by atoms with Crippen LogP contribution in [0.15, 0.2) is 30.3 Å². The topological polar surface area (TPSA) is 64.6 Å². The van der Waals surface area contributed by atoms with Crippen LogP contribution in [0.25, 0.3) is 0 Å². The smallest absolute Gasteiger partial charge is 0.338 e. The van der Waals surface area contributed by atoms with Crippen molar-refractivity contribution in [3.8, 4) is 0 Å². The summed E-state index contributed by atoms with van der Waals surface area (Å²) in [5.74, 6) is -1.10. The fraction of sp³-hybridized carbons (Fsp3) is 0.500. The zero-order valence-corrected chi connectivity index (χ0v) is 12.0. The molecule has 2 aliphatic rings. The van der Waals surface area contributed by atoms with Crippen LogP contribution in [0.4, 0.5) is 0 Å². The molecule has 0 aromatic heterocycles. The van der Waals surface area contributed by atoms with Crippen LogP contribution in [0.2, 0.25) is 0 Å². The molecule has 5 heteroatoms. The summed E-state index contributed by atoms with van der Waals surface area (Å²) in [6.45, 7) is 0. The van der Waals surface area contributed by atoms with Crippen LogP contribution in [0.3, 0.4) is 0 Å². The molecule has 4 atom stereocenters. The van der Waals surface area contributed by atoms with E-state index in [1.54, 1.807) is 24.3 Å². The molecular formula is C16H19NO4. The lowest BCUT2D eigenvalue weighted by molar-refractivity contribution is -0.152. The van der Waals surface area contributed by atoms with Gasteiger partial charge in [0.25, 0.3) is 0 Å². The summed E-state index contributed by atoms with van der Waals surface area (Å²) in [6.07, 6.45) is 2.18. The molecule has 1 aromatic carbocycles. The molecule has 0 radical (unpaired) electrons. The highest BCUT2D eigenvalue weighted by molar-refractivity contribution is 5.89. The van der Waals surface area contributed by atoms with Crippen molar-refractivity contribution in [2.24, 2.45) is 5.92 Å². The molecule has 0 aliphatic carbocycles. The fourth-order valence-corrected chi connectivity index (χ4v) is 3.36. The number of methoxy groups -OCH3 is 1. The number of ether oxygens (including phenoxy) is 2. The van der Waals surface area contributed by atoms with Crippen LogP contribution in [-0.2, 0) is 14.3 Å². The van der Waals surface area contributed by atoms with Gasteiger partial charge in [-0.05, 0) is 25.0 Å². The van der Waals surface area contributed by atoms with Crippen molar-refractivity contribution in [3.63, 3.8) is 0 Å². The van der Waals surface area contributed by atoms with Crippen molar-refractivity contribution >= 4 is 11.9 Å². The Morgan fingerprint density at radius 2 is 1.95 bits per heavy atom. The molecule has 3 rings (SSSR count). The van der Waals surface area contributed by atoms with Gasteiger partial charge in [0, 0.05) is 18.5 Å². The van der Waals surface area contributed by atoms with Crippen LogP contribution in [0.5, 0.6) is 0 Å². The van der Waals surface area contributed by atoms with Crippen LogP contribution in [-0.4, -0.2) is 37.2 Å². The Balaban J connectivity index is 1.76. The quantitative estimate of drug-likeness (QED) is 0.855. The number of hydrogen-bond donors (Lipinski definition) is 1. The van der Waals surface area contributed by atoms with E-state index in [2.05, 4.69) is 5.32 Å². The van der Waals surface area contributed by atoms with Gasteiger partial charge in [-0.15, -0.1) is 0 Å². The van der Waals surface area contributed by atoms with Gasteiger partial charge in [0.2, 0.25) is 0 Å². The molecule has 21 heavy (non-hydrogen) atoms. The minimum atomic E-state index is -0.415. The zero-order valence-electron chi connectivity index (χ0n) is 12.0. The van der Waals surface area contributed by atoms with Gasteiger partial charge in [0.15, 0.2) is 0 Å². The van der Waals surface area contributed by atoms with Crippen molar-refractivity contribution in [3.05, 3.63) is 35.9 Å². The standard InChI is InChI=1S/C16H19NO4/c1-20-16(19)14-12-8-7-11(17-12)9-13(14)21-15(18)10-5-3-2-4-6-10/h2-6,11-14,17H,7-9H2,1H3/t11?,12?,13-,14?/m1/s1. The number of fused-ring (bicyclic) bond motifs is 2. The summed E-state index contributed by atoms with van der Waals surface area (Å²) in [6, 6.07) is 9.23. The van der Waals surface area contributed by atoms with E-state index in [1.165, 1.54) is 7.11 Å². The number of esters is 2. The lowest BCUT2D eigenvalue weighted by Crippen LogP contribution is -2.53. The Labute approximate surface area is 123 Å². The van der Waals surface area contributed by atoms with Gasteiger partial charge in [-0.25, -0.2) is 4.79 Å². The first-order valence-corrected chi connectivity index (χ1v) is 7.29. The molecule has 5 nitrogen and oxygen atoms in total. The molecule has 0 amide bonds. The van der Waals surface area contributed by atoms with Gasteiger partial charge in [-0.1, -0.05) is 18.2 Å². The molecule has 2 fully saturated rings. The lowest BCUT2D eigenvalue weighted by Gasteiger charge is -2.35. The van der Waals surface area contributed by atoms with E-state index >= 15 is 0 Å². The predicted octanol–water partition coefficient (Wildman–Crippen LogP) is 1.53. The SMILES string of the molecule is COC(=O)C1C2CCC(C[C@H]1OC(=O)c1ccccc1)N2. The minimum absolute atomic E-state index is 0.0461. The molecule has 2 saturated heterocycles. The highest BCUT2D eigenvalue weighted by Crippen LogP contribution is 2.34. The number of hydrogen-bond acceptors (Lipinski definition) is 5. The molecule has 3 unspecified atom stereocenters. The zero-order chi connectivity index (χ0) is 14.8. The maximum atomic E-state index is 12.2. The van der Waals surface area contributed by atoms with Gasteiger partial charge < -0.3 is 14.8 Å². The van der Waals surface area contributed by atoms with Crippen molar-refractivity contribution in [2.75, 3.05) is 7.11 Å². The number of carbonyl (C=O) groups is 2. The number of benzene rings is 1. The number of carbonyl (C=O) groups excluding carboxylic acids is 2. The van der Waals surface area contributed by atoms with E-state index in [0.29, 0.717) is 18.0 Å². The molecular weight excluding hydrogens is 270 g/mol. The highest BCUT2D eigenvalue weighted by Gasteiger charge is 2.47. The van der Waals surface area contributed by atoms with Crippen LogP contribution >= 0.6 is 0 Å². The van der Waals surface area contributed by atoms with Crippen molar-refractivity contribution in [1.82, 2.24) is 5.32 Å². The Hall–Kier alpha value is -1.88. The van der Waals surface area contributed by atoms with E-state index in [-0.39, 0.29) is 18.0 Å². The summed E-state index contributed by atoms with van der Waals surface area (Å²) >= 11 is 0. The fourth-order valence-electron chi connectivity index (χ4n) is 3.36. The summed E-state index contributed by atoms with van der Waals surface area (Å²) in [4.78, 5) is 24.2. The molecule has 0 saturated carbocycles. The molecule has 2 heterocycles. The van der Waals surface area contributed by atoms with Crippen LogP contribution in [0.1, 0.15) is 29.6 Å². The van der Waals surface area contributed by atoms with Gasteiger partial charge in [0.05, 0.1) is 12.7 Å². The largest absolute Gasteiger partial charge is 0.469 e. The first-order valence-electron chi connectivity index (χ1n) is 7.29. The maximum absolute atomic E-state index is 12.2. The molecule has 1 N–H and O–H groups in total. The van der Waals surface area contributed by atoms with Crippen LogP contribution < -0.4 is 5.32 Å². The van der Waals surface area contributed by atoms with E-state index in [9.17, 15) is 9.59 Å². The van der Waals surface area contributed by atoms with Gasteiger partial charge in [-0.2, -0.15) is 0 Å². The number of nitrogens with one attached hydrogen (secondary N) is 1. The molecule has 112 valence electrons. The highest BCUT2D eigenvalue weighted by atomic mass is 16.6. The molecule has 2 aliphatic heterocycles. The molecule has 0 spiro atoms. The molecule has 1 aromatic rings. The summed E-state index contributed by atoms with van der Waals surface area (Å²) in [7, 11) is 1.37. The van der Waals surface area contributed by atoms with E-state index in [1.807, 2.05) is 6.07 Å². The van der Waals surface area contributed by atoms with E-state index < -0.39 is 12.0 Å². The Morgan fingerprint density at radius 3 is 2.67 bits per heavy atom. The third kappa shape index (κ3) is 2.78.